The minimum atomic E-state index is -0.0713. The predicted molar refractivity (Wildman–Crippen MR) is 96.3 cm³/mol. The van der Waals surface area contributed by atoms with E-state index in [9.17, 15) is 4.79 Å². The normalized spacial score (nSPS) is 11.2. The number of aryl methyl sites for hydroxylation is 1. The first-order chi connectivity index (χ1) is 11.5. The number of para-hydroxylation sites is 1. The van der Waals surface area contributed by atoms with Crippen molar-refractivity contribution in [1.82, 2.24) is 19.9 Å². The number of aromatic nitrogens is 3. The summed E-state index contributed by atoms with van der Waals surface area (Å²) in [6.45, 7) is 6.38. The van der Waals surface area contributed by atoms with Crippen molar-refractivity contribution >= 4 is 27.5 Å². The Bertz CT molecular complexity index is 855. The number of nitrogens with zero attached hydrogens (tertiary/aromatic N) is 4. The zero-order valence-electron chi connectivity index (χ0n) is 14.3. The molecule has 0 aliphatic heterocycles. The topological polar surface area (TPSA) is 59.0 Å². The molecule has 0 aliphatic rings. The van der Waals surface area contributed by atoms with E-state index in [0.29, 0.717) is 17.9 Å². The summed E-state index contributed by atoms with van der Waals surface area (Å²) < 4.78 is 1.13. The molecule has 3 aromatic rings. The number of thiazole rings is 1. The predicted octanol–water partition coefficient (Wildman–Crippen LogP) is 3.79. The van der Waals surface area contributed by atoms with Gasteiger partial charge in [0, 0.05) is 13.2 Å². The summed E-state index contributed by atoms with van der Waals surface area (Å²) in [5, 5.41) is 0.922. The first kappa shape index (κ1) is 16.5. The van der Waals surface area contributed by atoms with E-state index in [1.165, 1.54) is 0 Å². The van der Waals surface area contributed by atoms with Gasteiger partial charge in [0.15, 0.2) is 0 Å². The van der Waals surface area contributed by atoms with Crippen LogP contribution in [0.4, 0.5) is 0 Å². The van der Waals surface area contributed by atoms with Gasteiger partial charge < -0.3 is 4.90 Å². The van der Waals surface area contributed by atoms with Gasteiger partial charge in [0.25, 0.3) is 5.91 Å². The fourth-order valence-corrected chi connectivity index (χ4v) is 3.58. The Morgan fingerprint density at radius 2 is 2.00 bits per heavy atom. The second-order valence-corrected chi connectivity index (χ2v) is 7.22. The van der Waals surface area contributed by atoms with Crippen LogP contribution in [-0.2, 0) is 6.54 Å². The van der Waals surface area contributed by atoms with Crippen molar-refractivity contribution in [2.24, 2.45) is 0 Å². The van der Waals surface area contributed by atoms with Gasteiger partial charge in [0.1, 0.15) is 10.8 Å². The van der Waals surface area contributed by atoms with Crippen molar-refractivity contribution in [2.45, 2.75) is 33.2 Å². The molecule has 6 heteroatoms. The molecule has 1 aromatic carbocycles. The van der Waals surface area contributed by atoms with Crippen LogP contribution in [0.5, 0.6) is 0 Å². The molecule has 0 radical (unpaired) electrons. The lowest BCUT2D eigenvalue weighted by Gasteiger charge is -2.18. The molecular weight excluding hydrogens is 320 g/mol. The highest BCUT2D eigenvalue weighted by Gasteiger charge is 2.20. The Labute approximate surface area is 145 Å². The first-order valence-electron chi connectivity index (χ1n) is 7.89. The molecule has 5 nitrogen and oxygen atoms in total. The van der Waals surface area contributed by atoms with Crippen molar-refractivity contribution < 1.29 is 4.79 Å². The third-order valence-corrected chi connectivity index (χ3v) is 4.79. The zero-order chi connectivity index (χ0) is 17.3. The number of carbonyl (C=O) groups excluding carboxylic acids is 1. The van der Waals surface area contributed by atoms with E-state index in [2.05, 4.69) is 15.0 Å². The van der Waals surface area contributed by atoms with E-state index in [-0.39, 0.29) is 11.8 Å². The summed E-state index contributed by atoms with van der Waals surface area (Å²) in [7, 11) is 1.79. The summed E-state index contributed by atoms with van der Waals surface area (Å²) in [5.74, 6) is 0.781. The first-order valence-corrected chi connectivity index (χ1v) is 8.71. The Morgan fingerprint density at radius 3 is 2.71 bits per heavy atom. The maximum absolute atomic E-state index is 12.8. The van der Waals surface area contributed by atoms with Gasteiger partial charge in [-0.2, -0.15) is 0 Å². The molecule has 0 saturated carbocycles. The molecule has 0 unspecified atom stereocenters. The van der Waals surface area contributed by atoms with Crippen LogP contribution in [0.25, 0.3) is 10.2 Å². The lowest BCUT2D eigenvalue weighted by atomic mass is 10.0. The largest absolute Gasteiger partial charge is 0.335 e. The van der Waals surface area contributed by atoms with Gasteiger partial charge in [-0.15, -0.1) is 11.3 Å². The molecule has 2 heterocycles. The number of rotatable bonds is 4. The molecule has 3 rings (SSSR count). The minimum Gasteiger partial charge on any atom is -0.335 e. The molecule has 0 saturated heterocycles. The lowest BCUT2D eigenvalue weighted by Crippen LogP contribution is -2.28. The summed E-state index contributed by atoms with van der Waals surface area (Å²) in [6, 6.07) is 8.00. The van der Waals surface area contributed by atoms with Crippen molar-refractivity contribution in [1.29, 1.82) is 0 Å². The molecule has 0 spiro atoms. The van der Waals surface area contributed by atoms with E-state index >= 15 is 0 Å². The van der Waals surface area contributed by atoms with Crippen LogP contribution in [-0.4, -0.2) is 32.8 Å². The van der Waals surface area contributed by atoms with E-state index in [1.807, 2.05) is 45.0 Å². The molecule has 124 valence electrons. The van der Waals surface area contributed by atoms with Gasteiger partial charge in [0.2, 0.25) is 0 Å². The quantitative estimate of drug-likeness (QED) is 0.725. The maximum atomic E-state index is 12.8. The summed E-state index contributed by atoms with van der Waals surface area (Å²) >= 11 is 1.61. The summed E-state index contributed by atoms with van der Waals surface area (Å²) in [5.41, 5.74) is 2.34. The average Bonchev–Trinajstić information content (AvgIpc) is 2.96. The Balaban J connectivity index is 1.84. The lowest BCUT2D eigenvalue weighted by molar-refractivity contribution is 0.0782. The van der Waals surface area contributed by atoms with Gasteiger partial charge >= 0.3 is 0 Å². The standard InChI is InChI=1S/C18H20N4OS/c1-11(2)17-13(9-19-12(3)20-17)18(23)22(4)10-16-21-14-7-5-6-8-15(14)24-16/h5-9,11H,10H2,1-4H3. The Morgan fingerprint density at radius 1 is 1.25 bits per heavy atom. The number of amides is 1. The van der Waals surface area contributed by atoms with Crippen molar-refractivity contribution in [3.8, 4) is 0 Å². The molecule has 1 amide bonds. The SMILES string of the molecule is Cc1ncc(C(=O)N(C)Cc2nc3ccccc3s2)c(C(C)C)n1. The fourth-order valence-electron chi connectivity index (χ4n) is 2.56. The van der Waals surface area contributed by atoms with Crippen LogP contribution in [0, 0.1) is 6.92 Å². The monoisotopic (exact) mass is 340 g/mol. The van der Waals surface area contributed by atoms with Crippen LogP contribution < -0.4 is 0 Å². The average molecular weight is 340 g/mol. The van der Waals surface area contributed by atoms with Gasteiger partial charge in [0.05, 0.1) is 28.0 Å². The minimum absolute atomic E-state index is 0.0713. The Hall–Kier alpha value is -2.34. The van der Waals surface area contributed by atoms with Crippen LogP contribution >= 0.6 is 11.3 Å². The van der Waals surface area contributed by atoms with E-state index < -0.39 is 0 Å². The van der Waals surface area contributed by atoms with Gasteiger partial charge in [-0.25, -0.2) is 15.0 Å². The van der Waals surface area contributed by atoms with Crippen molar-refractivity contribution in [2.75, 3.05) is 7.05 Å². The van der Waals surface area contributed by atoms with E-state index in [0.717, 1.165) is 20.9 Å². The number of hydrogen-bond donors (Lipinski definition) is 0. The molecule has 24 heavy (non-hydrogen) atoms. The number of benzene rings is 1. The van der Waals surface area contributed by atoms with Gasteiger partial charge in [-0.05, 0) is 25.0 Å². The highest BCUT2D eigenvalue weighted by molar-refractivity contribution is 7.18. The van der Waals surface area contributed by atoms with Gasteiger partial charge in [-0.1, -0.05) is 26.0 Å². The highest BCUT2D eigenvalue weighted by Crippen LogP contribution is 2.23. The van der Waals surface area contributed by atoms with Crippen LogP contribution in [0.15, 0.2) is 30.5 Å². The molecular formula is C18H20N4OS. The van der Waals surface area contributed by atoms with Crippen LogP contribution in [0.2, 0.25) is 0 Å². The summed E-state index contributed by atoms with van der Waals surface area (Å²) in [6.07, 6.45) is 1.63. The van der Waals surface area contributed by atoms with E-state index in [1.54, 1.807) is 29.5 Å². The second-order valence-electron chi connectivity index (χ2n) is 6.11. The second kappa shape index (κ2) is 6.65. The molecule has 2 aromatic heterocycles. The third kappa shape index (κ3) is 3.28. The number of carbonyl (C=O) groups is 1. The molecule has 0 fully saturated rings. The molecule has 0 N–H and O–H groups in total. The van der Waals surface area contributed by atoms with Gasteiger partial charge in [-0.3, -0.25) is 4.79 Å². The maximum Gasteiger partial charge on any atom is 0.257 e. The molecule has 0 atom stereocenters. The van der Waals surface area contributed by atoms with Crippen molar-refractivity contribution in [3.05, 3.63) is 52.6 Å². The molecule has 0 bridgehead atoms. The smallest absolute Gasteiger partial charge is 0.257 e. The van der Waals surface area contributed by atoms with Crippen LogP contribution in [0.3, 0.4) is 0 Å². The van der Waals surface area contributed by atoms with E-state index in [4.69, 9.17) is 0 Å². The highest BCUT2D eigenvalue weighted by atomic mass is 32.1. The number of hydrogen-bond acceptors (Lipinski definition) is 5. The van der Waals surface area contributed by atoms with Crippen molar-refractivity contribution in [3.63, 3.8) is 0 Å². The number of fused-ring (bicyclic) bond motifs is 1. The zero-order valence-corrected chi connectivity index (χ0v) is 15.1. The summed E-state index contributed by atoms with van der Waals surface area (Å²) in [4.78, 5) is 27.7. The Kier molecular flexibility index (Phi) is 4.57. The third-order valence-electron chi connectivity index (χ3n) is 3.77. The van der Waals surface area contributed by atoms with Crippen LogP contribution in [0.1, 0.15) is 46.6 Å². The molecule has 0 aliphatic carbocycles. The fraction of sp³-hybridized carbons (Fsp3) is 0.333.